The van der Waals surface area contributed by atoms with Crippen LogP contribution in [0.1, 0.15) is 58.4 Å². The average Bonchev–Trinajstić information content (AvgIpc) is 2.67. The molecule has 0 saturated heterocycles. The molecule has 4 nitrogen and oxygen atoms in total. The summed E-state index contributed by atoms with van der Waals surface area (Å²) < 4.78 is 0. The number of anilines is 1. The van der Waals surface area contributed by atoms with Gasteiger partial charge in [0.1, 0.15) is 13.8 Å². The van der Waals surface area contributed by atoms with Crippen LogP contribution in [0.3, 0.4) is 0 Å². The van der Waals surface area contributed by atoms with Crippen molar-refractivity contribution < 1.29 is 0 Å². The van der Waals surface area contributed by atoms with Crippen molar-refractivity contribution in [2.75, 3.05) is 12.4 Å². The van der Waals surface area contributed by atoms with Crippen molar-refractivity contribution >= 4 is 14.0 Å². The van der Waals surface area contributed by atoms with Crippen LogP contribution < -0.4 is 5.32 Å². The topological polar surface area (TPSA) is 61.6 Å². The molecule has 1 heterocycles. The van der Waals surface area contributed by atoms with Gasteiger partial charge < -0.3 is 5.32 Å². The third-order valence-electron chi connectivity index (χ3n) is 5.95. The Labute approximate surface area is 176 Å². The van der Waals surface area contributed by atoms with Gasteiger partial charge in [-0.2, -0.15) is 5.26 Å². The van der Waals surface area contributed by atoms with E-state index in [1.165, 1.54) is 0 Å². The maximum atomic E-state index is 9.36. The molecular weight excluding hydrogens is 372 g/mol. The lowest BCUT2D eigenvalue weighted by molar-refractivity contribution is 0.838. The first-order valence-corrected chi connectivity index (χ1v) is 12.5. The highest BCUT2D eigenvalue weighted by Gasteiger charge is 2.41. The second-order valence-corrected chi connectivity index (χ2v) is 14.0. The first kappa shape index (κ1) is 22.7. The van der Waals surface area contributed by atoms with Crippen LogP contribution in [0, 0.1) is 29.7 Å². The molecule has 29 heavy (non-hydrogen) atoms. The number of nitriles is 1. The Balaban J connectivity index is 2.65. The lowest BCUT2D eigenvalue weighted by atomic mass is 10.0. The molecule has 0 aliphatic rings. The molecule has 1 N–H and O–H groups in total. The lowest BCUT2D eigenvalue weighted by Crippen LogP contribution is -2.43. The maximum absolute atomic E-state index is 9.36. The molecule has 0 radical (unpaired) electrons. The Morgan fingerprint density at radius 2 is 1.62 bits per heavy atom. The number of rotatable bonds is 5. The fourth-order valence-corrected chi connectivity index (χ4v) is 9.61. The van der Waals surface area contributed by atoms with Gasteiger partial charge in [-0.15, -0.1) is 5.54 Å². The van der Waals surface area contributed by atoms with Gasteiger partial charge in [0.05, 0.1) is 17.3 Å². The van der Waals surface area contributed by atoms with E-state index in [2.05, 4.69) is 74.4 Å². The molecule has 0 aliphatic carbocycles. The zero-order valence-corrected chi connectivity index (χ0v) is 19.9. The summed E-state index contributed by atoms with van der Waals surface area (Å²) >= 11 is 0. The van der Waals surface area contributed by atoms with E-state index >= 15 is 0 Å². The minimum absolute atomic E-state index is 0.541. The normalized spacial score (nSPS) is 11.4. The predicted molar refractivity (Wildman–Crippen MR) is 124 cm³/mol. The summed E-state index contributed by atoms with van der Waals surface area (Å²) in [4.78, 5) is 9.21. The van der Waals surface area contributed by atoms with Crippen LogP contribution in [-0.2, 0) is 0 Å². The maximum Gasteiger partial charge on any atom is 0.224 e. The Morgan fingerprint density at radius 1 is 1.00 bits per heavy atom. The van der Waals surface area contributed by atoms with Crippen LogP contribution in [0.25, 0.3) is 11.3 Å². The molecule has 2 aromatic rings. The van der Waals surface area contributed by atoms with E-state index < -0.39 is 8.07 Å². The van der Waals surface area contributed by atoms with Gasteiger partial charge >= 0.3 is 0 Å². The van der Waals surface area contributed by atoms with Gasteiger partial charge in [0.15, 0.2) is 0 Å². The summed E-state index contributed by atoms with van der Waals surface area (Å²) in [7, 11) is -0.0354. The van der Waals surface area contributed by atoms with Crippen molar-refractivity contribution in [3.8, 4) is 28.8 Å². The smallest absolute Gasteiger partial charge is 0.224 e. The Kier molecular flexibility index (Phi) is 7.22. The summed E-state index contributed by atoms with van der Waals surface area (Å²) in [5.74, 6) is 3.96. The molecule has 1 aromatic carbocycles. The monoisotopic (exact) mass is 404 g/mol. The van der Waals surface area contributed by atoms with E-state index in [1.54, 1.807) is 0 Å². The predicted octanol–water partition coefficient (Wildman–Crippen LogP) is 5.93. The molecule has 0 saturated carbocycles. The Hall–Kier alpha value is -2.63. The number of benzene rings is 1. The molecule has 0 bridgehead atoms. The number of nitrogens with zero attached hydrogens (tertiary/aromatic N) is 3. The summed E-state index contributed by atoms with van der Waals surface area (Å²) in [6.07, 6.45) is 0. The third-order valence-corrected chi connectivity index (χ3v) is 12.2. The fourth-order valence-electron chi connectivity index (χ4n) is 4.40. The molecular formula is C24H32N4Si. The molecule has 0 atom stereocenters. The third kappa shape index (κ3) is 4.52. The zero-order valence-electron chi connectivity index (χ0n) is 18.9. The quantitative estimate of drug-likeness (QED) is 0.495. The molecule has 0 unspecified atom stereocenters. The van der Waals surface area contributed by atoms with Gasteiger partial charge in [0.25, 0.3) is 0 Å². The molecule has 0 spiro atoms. The highest BCUT2D eigenvalue weighted by atomic mass is 28.3. The molecule has 0 aliphatic heterocycles. The van der Waals surface area contributed by atoms with E-state index in [0.717, 1.165) is 22.5 Å². The van der Waals surface area contributed by atoms with Gasteiger partial charge in [-0.05, 0) is 41.2 Å². The van der Waals surface area contributed by atoms with Crippen molar-refractivity contribution in [3.05, 3.63) is 41.1 Å². The van der Waals surface area contributed by atoms with Gasteiger partial charge in [0, 0.05) is 12.6 Å². The summed E-state index contributed by atoms with van der Waals surface area (Å²) in [6.45, 7) is 15.8. The summed E-state index contributed by atoms with van der Waals surface area (Å²) in [5.41, 5.74) is 9.45. The lowest BCUT2D eigenvalue weighted by Gasteiger charge is -2.38. The number of nitrogens with one attached hydrogen (secondary N) is 1. The van der Waals surface area contributed by atoms with Crippen molar-refractivity contribution in [2.45, 2.75) is 65.1 Å². The summed E-state index contributed by atoms with van der Waals surface area (Å²) in [5, 5.41) is 12.4. The number of hydrogen-bond donors (Lipinski definition) is 1. The Morgan fingerprint density at radius 3 is 2.14 bits per heavy atom. The van der Waals surface area contributed by atoms with Gasteiger partial charge in [-0.25, -0.2) is 9.97 Å². The first-order valence-electron chi connectivity index (χ1n) is 10.3. The van der Waals surface area contributed by atoms with Crippen LogP contribution in [0.4, 0.5) is 5.95 Å². The van der Waals surface area contributed by atoms with Crippen LogP contribution >= 0.6 is 0 Å². The minimum Gasteiger partial charge on any atom is -0.357 e. The largest absolute Gasteiger partial charge is 0.357 e. The molecule has 0 fully saturated rings. The van der Waals surface area contributed by atoms with Gasteiger partial charge in [-0.3, -0.25) is 0 Å². The zero-order chi connectivity index (χ0) is 21.8. The van der Waals surface area contributed by atoms with Crippen molar-refractivity contribution in [2.24, 2.45) is 0 Å². The molecule has 5 heteroatoms. The van der Waals surface area contributed by atoms with E-state index in [0.29, 0.717) is 28.1 Å². The fraction of sp³-hybridized carbons (Fsp3) is 0.458. The second kappa shape index (κ2) is 9.24. The molecule has 1 aromatic heterocycles. The molecule has 0 amide bonds. The van der Waals surface area contributed by atoms with Gasteiger partial charge in [0.2, 0.25) is 5.95 Å². The molecule has 2 rings (SSSR count). The van der Waals surface area contributed by atoms with Crippen LogP contribution in [0.2, 0.25) is 16.6 Å². The highest BCUT2D eigenvalue weighted by Crippen LogP contribution is 2.40. The SMILES string of the molecule is CNc1nc(C#C[Si](C(C)C)(C(C)C)C(C)C)cc(-c2cccc(C#N)c2C)n1. The van der Waals surface area contributed by atoms with E-state index in [4.69, 9.17) is 0 Å². The van der Waals surface area contributed by atoms with Crippen LogP contribution in [0.15, 0.2) is 24.3 Å². The number of aromatic nitrogens is 2. The minimum atomic E-state index is -1.85. The average molecular weight is 405 g/mol. The van der Waals surface area contributed by atoms with E-state index in [9.17, 15) is 5.26 Å². The van der Waals surface area contributed by atoms with Crippen LogP contribution in [0.5, 0.6) is 0 Å². The second-order valence-electron chi connectivity index (χ2n) is 8.45. The van der Waals surface area contributed by atoms with Gasteiger partial charge in [-0.1, -0.05) is 59.6 Å². The summed E-state index contributed by atoms with van der Waals surface area (Å²) in [6, 6.07) is 9.90. The number of hydrogen-bond acceptors (Lipinski definition) is 4. The Bertz CT molecular complexity index is 953. The van der Waals surface area contributed by atoms with Crippen molar-refractivity contribution in [3.63, 3.8) is 0 Å². The van der Waals surface area contributed by atoms with Crippen molar-refractivity contribution in [1.82, 2.24) is 9.97 Å². The highest BCUT2D eigenvalue weighted by molar-refractivity contribution is 6.90. The first-order chi connectivity index (χ1) is 13.7. The van der Waals surface area contributed by atoms with Crippen molar-refractivity contribution in [1.29, 1.82) is 5.26 Å². The van der Waals surface area contributed by atoms with E-state index in [-0.39, 0.29) is 0 Å². The van der Waals surface area contributed by atoms with Crippen LogP contribution in [-0.4, -0.2) is 25.1 Å². The molecule has 152 valence electrons. The van der Waals surface area contributed by atoms with E-state index in [1.807, 2.05) is 38.2 Å². The standard InChI is InChI=1S/C24H32N4Si/c1-16(2)29(17(3)4,18(5)6)13-12-21-14-23(28-24(26-8)27-21)22-11-9-10-20(15-25)19(22)7/h9-11,14,16-18H,1-8H3,(H,26,27,28).